The van der Waals surface area contributed by atoms with E-state index < -0.39 is 35.1 Å². The minimum Gasteiger partial charge on any atom is -0.370 e. The highest BCUT2D eigenvalue weighted by Crippen LogP contribution is 2.53. The predicted octanol–water partition coefficient (Wildman–Crippen LogP) is 5.71. The highest BCUT2D eigenvalue weighted by atomic mass is 35.5. The maximum Gasteiger partial charge on any atom is 0.240 e. The highest BCUT2D eigenvalue weighted by Gasteiger charge is 2.61. The van der Waals surface area contributed by atoms with Gasteiger partial charge in [-0.05, 0) is 54.4 Å². The van der Waals surface area contributed by atoms with Gasteiger partial charge in [0.25, 0.3) is 0 Å². The van der Waals surface area contributed by atoms with E-state index in [1.54, 1.807) is 11.0 Å². The molecule has 2 aliphatic rings. The van der Waals surface area contributed by atoms with Crippen molar-refractivity contribution in [2.24, 2.45) is 17.1 Å². The molecule has 2 aromatic rings. The molecule has 40 heavy (non-hydrogen) atoms. The molecule has 0 spiro atoms. The minimum absolute atomic E-state index is 0.0426. The van der Waals surface area contributed by atoms with Gasteiger partial charge in [0.15, 0.2) is 0 Å². The van der Waals surface area contributed by atoms with E-state index in [4.69, 9.17) is 28.9 Å². The number of carbonyl (C=O) groups is 2. The quantitative estimate of drug-likeness (QED) is 0.450. The first-order valence-corrected chi connectivity index (χ1v) is 14.2. The molecule has 1 unspecified atom stereocenters. The number of nitrogens with two attached hydrogens (primary N) is 1. The van der Waals surface area contributed by atoms with Crippen LogP contribution in [0.2, 0.25) is 10.0 Å². The van der Waals surface area contributed by atoms with Crippen LogP contribution in [0.3, 0.4) is 0 Å². The van der Waals surface area contributed by atoms with Gasteiger partial charge in [-0.3, -0.25) is 9.59 Å². The smallest absolute Gasteiger partial charge is 0.240 e. The Morgan fingerprint density at radius 1 is 1.18 bits per heavy atom. The molecule has 2 heterocycles. The topological polar surface area (TPSA) is 99.2 Å². The summed E-state index contributed by atoms with van der Waals surface area (Å²) in [5, 5.41) is 14.3. The fourth-order valence-corrected chi connectivity index (χ4v) is 6.72. The van der Waals surface area contributed by atoms with Crippen LogP contribution in [0.15, 0.2) is 36.4 Å². The summed E-state index contributed by atoms with van der Waals surface area (Å²) in [5.74, 6) is -3.17. The molecule has 0 aliphatic carbocycles. The number of nitriles is 1. The third-order valence-electron chi connectivity index (χ3n) is 8.13. The Balaban J connectivity index is 1.87. The number of hydrogen-bond acceptors (Lipinski definition) is 4. The molecule has 0 radical (unpaired) electrons. The lowest BCUT2D eigenvalue weighted by Gasteiger charge is -2.38. The molecule has 3 N–H and O–H groups in total. The number of piperidine rings is 1. The van der Waals surface area contributed by atoms with Crippen LogP contribution < -0.4 is 11.1 Å². The molecule has 6 nitrogen and oxygen atoms in total. The Morgan fingerprint density at radius 2 is 1.85 bits per heavy atom. The summed E-state index contributed by atoms with van der Waals surface area (Å²) in [6.45, 7) is 6.74. The summed E-state index contributed by atoms with van der Waals surface area (Å²) in [6, 6.07) is 9.16. The normalized spacial score (nSPS) is 25.6. The summed E-state index contributed by atoms with van der Waals surface area (Å²) in [7, 11) is 0. The van der Waals surface area contributed by atoms with Crippen molar-refractivity contribution in [2.45, 2.75) is 69.9 Å². The lowest BCUT2D eigenvalue weighted by Crippen LogP contribution is -2.50. The third kappa shape index (κ3) is 5.83. The largest absolute Gasteiger partial charge is 0.370 e. The number of hydrogen-bond donors (Lipinski definition) is 2. The van der Waals surface area contributed by atoms with Crippen molar-refractivity contribution in [3.63, 3.8) is 0 Å². The number of benzene rings is 2. The molecule has 2 aromatic carbocycles. The van der Waals surface area contributed by atoms with Crippen molar-refractivity contribution in [3.8, 4) is 6.07 Å². The van der Waals surface area contributed by atoms with Crippen molar-refractivity contribution >= 4 is 35.0 Å². The fourth-order valence-electron chi connectivity index (χ4n) is 6.38. The molecule has 10 heteroatoms. The zero-order valence-electron chi connectivity index (χ0n) is 22.8. The fraction of sp³-hybridized carbons (Fsp3) is 0.500. The standard InChI is InChI=1S/C30H34Cl2F2N4O2/c1-29(2,3)15-23-30(16-35,20-8-7-18(31)14-22(20)33)25(19-5-4-6-21(32)26(19)34)27(37-23)28(40)38-11-9-17(10-12-38)13-24(36)39/h4-8,14,17,23,25,27,37H,9-13,15H2,1-3H3,(H2,36,39)/t23-,25?,27+,30-/m0/s1. The van der Waals surface area contributed by atoms with Crippen molar-refractivity contribution < 1.29 is 18.4 Å². The molecule has 4 atom stereocenters. The zero-order chi connectivity index (χ0) is 29.4. The van der Waals surface area contributed by atoms with Crippen LogP contribution in [0, 0.1) is 34.3 Å². The predicted molar refractivity (Wildman–Crippen MR) is 151 cm³/mol. The van der Waals surface area contributed by atoms with Crippen LogP contribution in [-0.2, 0) is 15.0 Å². The molecule has 214 valence electrons. The lowest BCUT2D eigenvalue weighted by atomic mass is 9.62. The first-order valence-electron chi connectivity index (χ1n) is 13.4. The van der Waals surface area contributed by atoms with E-state index in [2.05, 4.69) is 11.4 Å². The SMILES string of the molecule is CC(C)(C)C[C@@H]1N[C@@H](C(=O)N2CCC(CC(N)=O)CC2)C(c2cccc(Cl)c2F)[C@@]1(C#N)c1ccc(Cl)cc1F. The van der Waals surface area contributed by atoms with E-state index in [0.29, 0.717) is 32.4 Å². The maximum absolute atomic E-state index is 15.8. The van der Waals surface area contributed by atoms with Crippen LogP contribution in [-0.4, -0.2) is 41.9 Å². The summed E-state index contributed by atoms with van der Waals surface area (Å²) in [6.07, 6.45) is 1.84. The third-order valence-corrected chi connectivity index (χ3v) is 8.66. The number of primary amides is 1. The Morgan fingerprint density at radius 3 is 2.42 bits per heavy atom. The summed E-state index contributed by atoms with van der Waals surface area (Å²) in [5.41, 5.74) is 3.48. The van der Waals surface area contributed by atoms with Crippen LogP contribution in [0.25, 0.3) is 0 Å². The lowest BCUT2D eigenvalue weighted by molar-refractivity contribution is -0.135. The van der Waals surface area contributed by atoms with Crippen LogP contribution in [0.5, 0.6) is 0 Å². The van der Waals surface area contributed by atoms with E-state index in [-0.39, 0.29) is 50.7 Å². The van der Waals surface area contributed by atoms with Gasteiger partial charge < -0.3 is 16.0 Å². The van der Waals surface area contributed by atoms with Crippen molar-refractivity contribution in [2.75, 3.05) is 13.1 Å². The van der Waals surface area contributed by atoms with Gasteiger partial charge in [-0.1, -0.05) is 62.2 Å². The van der Waals surface area contributed by atoms with Gasteiger partial charge in [0, 0.05) is 42.1 Å². The Labute approximate surface area is 243 Å². The highest BCUT2D eigenvalue weighted by molar-refractivity contribution is 6.31. The number of nitrogens with zero attached hydrogens (tertiary/aromatic N) is 2. The Bertz CT molecular complexity index is 1330. The van der Waals surface area contributed by atoms with Gasteiger partial charge >= 0.3 is 0 Å². The van der Waals surface area contributed by atoms with Crippen LogP contribution in [0.4, 0.5) is 8.78 Å². The van der Waals surface area contributed by atoms with Gasteiger partial charge in [-0.15, -0.1) is 0 Å². The molecule has 0 bridgehead atoms. The number of carbonyl (C=O) groups excluding carboxylic acids is 2. The van der Waals surface area contributed by atoms with Crippen molar-refractivity contribution in [3.05, 3.63) is 69.2 Å². The minimum atomic E-state index is -1.67. The Hall–Kier alpha value is -2.73. The maximum atomic E-state index is 15.8. The summed E-state index contributed by atoms with van der Waals surface area (Å²) < 4.78 is 31.5. The van der Waals surface area contributed by atoms with E-state index >= 15 is 8.78 Å². The summed E-state index contributed by atoms with van der Waals surface area (Å²) in [4.78, 5) is 27.3. The van der Waals surface area contributed by atoms with Crippen molar-refractivity contribution in [1.29, 1.82) is 5.26 Å². The van der Waals surface area contributed by atoms with Crippen LogP contribution >= 0.6 is 23.2 Å². The molecule has 2 saturated heterocycles. The molecule has 0 saturated carbocycles. The van der Waals surface area contributed by atoms with Gasteiger partial charge in [-0.2, -0.15) is 5.26 Å². The molecule has 0 aromatic heterocycles. The number of halogens is 4. The van der Waals surface area contributed by atoms with Crippen molar-refractivity contribution in [1.82, 2.24) is 10.2 Å². The first-order chi connectivity index (χ1) is 18.8. The molecule has 2 amide bonds. The van der Waals surface area contributed by atoms with Crippen LogP contribution in [0.1, 0.15) is 63.5 Å². The second kappa shape index (κ2) is 11.6. The van der Waals surface area contributed by atoms with Gasteiger partial charge in [0.05, 0.1) is 17.1 Å². The summed E-state index contributed by atoms with van der Waals surface area (Å²) >= 11 is 12.3. The number of nitrogens with one attached hydrogen (secondary N) is 1. The number of likely N-dealkylation sites (tertiary alicyclic amines) is 1. The average Bonchev–Trinajstić information content (AvgIpc) is 3.18. The zero-order valence-corrected chi connectivity index (χ0v) is 24.3. The molecule has 4 rings (SSSR count). The number of amides is 2. The average molecular weight is 592 g/mol. The van der Waals surface area contributed by atoms with E-state index in [1.165, 1.54) is 24.3 Å². The van der Waals surface area contributed by atoms with Gasteiger partial charge in [0.2, 0.25) is 11.8 Å². The first kappa shape index (κ1) is 30.2. The van der Waals surface area contributed by atoms with Gasteiger partial charge in [-0.25, -0.2) is 8.78 Å². The molecular weight excluding hydrogens is 557 g/mol. The Kier molecular flexibility index (Phi) is 8.79. The van der Waals surface area contributed by atoms with E-state index in [0.717, 1.165) is 6.07 Å². The molecule has 2 fully saturated rings. The monoisotopic (exact) mass is 590 g/mol. The van der Waals surface area contributed by atoms with E-state index in [9.17, 15) is 14.9 Å². The second-order valence-electron chi connectivity index (χ2n) is 12.1. The van der Waals surface area contributed by atoms with E-state index in [1.807, 2.05) is 20.8 Å². The second-order valence-corrected chi connectivity index (χ2v) is 13.0. The molecule has 2 aliphatic heterocycles. The number of rotatable bonds is 6. The molecular formula is C30H34Cl2F2N4O2. The van der Waals surface area contributed by atoms with Gasteiger partial charge in [0.1, 0.15) is 17.0 Å².